The largest absolute Gasteiger partial charge is 0.367 e. The number of hydrogen-bond acceptors (Lipinski definition) is 3. The van der Waals surface area contributed by atoms with E-state index in [2.05, 4.69) is 22.2 Å². The van der Waals surface area contributed by atoms with Crippen LogP contribution in [-0.4, -0.2) is 16.0 Å². The Balaban J connectivity index is 1.81. The Morgan fingerprint density at radius 1 is 1.35 bits per heavy atom. The minimum absolute atomic E-state index is 0.551. The molecule has 2 aliphatic carbocycles. The summed E-state index contributed by atoms with van der Waals surface area (Å²) in [6.45, 7) is 4.23. The minimum Gasteiger partial charge on any atom is -0.367 e. The van der Waals surface area contributed by atoms with Crippen LogP contribution in [0.1, 0.15) is 49.9 Å². The molecule has 2 fully saturated rings. The number of nitrogens with zero attached hydrogens (tertiary/aromatic N) is 2. The fourth-order valence-electron chi connectivity index (χ4n) is 2.22. The van der Waals surface area contributed by atoms with Crippen molar-refractivity contribution < 1.29 is 0 Å². The van der Waals surface area contributed by atoms with E-state index in [4.69, 9.17) is 11.6 Å². The Morgan fingerprint density at radius 3 is 2.71 bits per heavy atom. The van der Waals surface area contributed by atoms with Crippen LogP contribution in [0.15, 0.2) is 0 Å². The summed E-state index contributed by atoms with van der Waals surface area (Å²) in [6, 6.07) is 0.594. The molecule has 1 heterocycles. The first-order valence-electron chi connectivity index (χ1n) is 6.49. The number of anilines is 1. The first kappa shape index (κ1) is 11.3. The molecular weight excluding hydrogens is 234 g/mol. The van der Waals surface area contributed by atoms with E-state index in [0.29, 0.717) is 17.1 Å². The molecule has 0 aliphatic heterocycles. The third-order valence-electron chi connectivity index (χ3n) is 3.82. The molecule has 0 saturated heterocycles. The maximum Gasteiger partial charge on any atom is 0.137 e. The Labute approximate surface area is 107 Å². The highest BCUT2D eigenvalue weighted by atomic mass is 35.5. The van der Waals surface area contributed by atoms with Crippen molar-refractivity contribution in [1.82, 2.24) is 9.97 Å². The van der Waals surface area contributed by atoms with E-state index in [1.165, 1.54) is 25.7 Å². The summed E-state index contributed by atoms with van der Waals surface area (Å²) in [5.74, 6) is 3.24. The number of hydrogen-bond donors (Lipinski definition) is 1. The zero-order chi connectivity index (χ0) is 12.0. The Hall–Kier alpha value is -0.830. The molecule has 0 bridgehead atoms. The lowest BCUT2D eigenvalue weighted by atomic mass is 10.3. The van der Waals surface area contributed by atoms with Gasteiger partial charge in [0.25, 0.3) is 0 Å². The fraction of sp³-hybridized carbons (Fsp3) is 0.692. The van der Waals surface area contributed by atoms with E-state index in [1.54, 1.807) is 0 Å². The highest BCUT2D eigenvalue weighted by Gasteiger charge is 2.36. The second kappa shape index (κ2) is 4.13. The molecule has 2 unspecified atom stereocenters. The van der Waals surface area contributed by atoms with Gasteiger partial charge in [0.2, 0.25) is 0 Å². The van der Waals surface area contributed by atoms with Gasteiger partial charge in [0.1, 0.15) is 16.8 Å². The van der Waals surface area contributed by atoms with Gasteiger partial charge >= 0.3 is 0 Å². The van der Waals surface area contributed by atoms with E-state index in [1.807, 2.05) is 6.92 Å². The Morgan fingerprint density at radius 2 is 2.12 bits per heavy atom. The molecule has 2 atom stereocenters. The average Bonchev–Trinajstić information content (AvgIpc) is 3.17. The maximum absolute atomic E-state index is 6.17. The molecule has 2 saturated carbocycles. The highest BCUT2D eigenvalue weighted by molar-refractivity contribution is 6.30. The molecular formula is C13H18ClN3. The van der Waals surface area contributed by atoms with E-state index in [-0.39, 0.29) is 0 Å². The van der Waals surface area contributed by atoms with E-state index in [0.717, 1.165) is 23.1 Å². The lowest BCUT2D eigenvalue weighted by Gasteiger charge is -2.11. The zero-order valence-corrected chi connectivity index (χ0v) is 11.1. The zero-order valence-electron chi connectivity index (χ0n) is 10.3. The lowest BCUT2D eigenvalue weighted by Crippen LogP contribution is -2.10. The first-order valence-corrected chi connectivity index (χ1v) is 6.87. The van der Waals surface area contributed by atoms with Gasteiger partial charge in [-0.15, -0.1) is 0 Å². The molecule has 3 nitrogen and oxygen atoms in total. The predicted octanol–water partition coefficient (Wildman–Crippen LogP) is 3.53. The number of aromatic nitrogens is 2. The van der Waals surface area contributed by atoms with Crippen molar-refractivity contribution in [3.8, 4) is 0 Å². The molecule has 0 spiro atoms. The number of nitrogens with one attached hydrogen (secondary N) is 1. The van der Waals surface area contributed by atoms with Gasteiger partial charge in [-0.1, -0.05) is 24.9 Å². The summed E-state index contributed by atoms with van der Waals surface area (Å²) in [7, 11) is 0. The van der Waals surface area contributed by atoms with Gasteiger partial charge in [0.15, 0.2) is 0 Å². The molecule has 92 valence electrons. The summed E-state index contributed by atoms with van der Waals surface area (Å²) in [5.41, 5.74) is 0.984. The topological polar surface area (TPSA) is 37.8 Å². The van der Waals surface area contributed by atoms with Crippen LogP contribution in [0.4, 0.5) is 5.82 Å². The van der Waals surface area contributed by atoms with Crippen LogP contribution in [-0.2, 0) is 0 Å². The highest BCUT2D eigenvalue weighted by Crippen LogP contribution is 2.41. The van der Waals surface area contributed by atoms with Crippen LogP contribution in [0.5, 0.6) is 0 Å². The predicted molar refractivity (Wildman–Crippen MR) is 69.6 cm³/mol. The maximum atomic E-state index is 6.17. The van der Waals surface area contributed by atoms with Crippen molar-refractivity contribution in [1.29, 1.82) is 0 Å². The quantitative estimate of drug-likeness (QED) is 0.832. The van der Waals surface area contributed by atoms with Crippen molar-refractivity contribution >= 4 is 17.4 Å². The molecule has 17 heavy (non-hydrogen) atoms. The second-order valence-corrected chi connectivity index (χ2v) is 5.63. The van der Waals surface area contributed by atoms with Crippen LogP contribution >= 0.6 is 11.6 Å². The third-order valence-corrected chi connectivity index (χ3v) is 4.18. The average molecular weight is 252 g/mol. The standard InChI is InChI=1S/C13H18ClN3/c1-3-8-6-10(8)15-12-7(2)11(14)16-13(17-12)9-4-5-9/h8-10H,3-6H2,1-2H3,(H,15,16,17). The summed E-state index contributed by atoms with van der Waals surface area (Å²) < 4.78 is 0. The van der Waals surface area contributed by atoms with Gasteiger partial charge in [-0.25, -0.2) is 9.97 Å². The van der Waals surface area contributed by atoms with Crippen molar-refractivity contribution in [2.45, 2.75) is 51.5 Å². The van der Waals surface area contributed by atoms with Gasteiger partial charge in [-0.3, -0.25) is 0 Å². The molecule has 0 amide bonds. The van der Waals surface area contributed by atoms with Crippen LogP contribution < -0.4 is 5.32 Å². The molecule has 4 heteroatoms. The van der Waals surface area contributed by atoms with Crippen LogP contribution in [0, 0.1) is 12.8 Å². The normalized spacial score (nSPS) is 27.0. The fourth-order valence-corrected chi connectivity index (χ4v) is 2.40. The Bertz CT molecular complexity index is 443. The number of halogens is 1. The second-order valence-electron chi connectivity index (χ2n) is 5.28. The van der Waals surface area contributed by atoms with Crippen molar-refractivity contribution in [2.24, 2.45) is 5.92 Å². The number of rotatable bonds is 4. The van der Waals surface area contributed by atoms with Gasteiger partial charge in [-0.2, -0.15) is 0 Å². The monoisotopic (exact) mass is 251 g/mol. The third kappa shape index (κ3) is 2.25. The smallest absolute Gasteiger partial charge is 0.137 e. The van der Waals surface area contributed by atoms with Gasteiger partial charge in [0.05, 0.1) is 0 Å². The molecule has 0 aromatic carbocycles. The summed E-state index contributed by atoms with van der Waals surface area (Å²) in [4.78, 5) is 9.01. The van der Waals surface area contributed by atoms with Gasteiger partial charge in [-0.05, 0) is 32.1 Å². The molecule has 0 radical (unpaired) electrons. The summed E-state index contributed by atoms with van der Waals surface area (Å²) >= 11 is 6.17. The lowest BCUT2D eigenvalue weighted by molar-refractivity contribution is 0.771. The van der Waals surface area contributed by atoms with Crippen LogP contribution in [0.2, 0.25) is 5.15 Å². The molecule has 1 aromatic rings. The van der Waals surface area contributed by atoms with Crippen molar-refractivity contribution in [3.05, 3.63) is 16.5 Å². The minimum atomic E-state index is 0.551. The van der Waals surface area contributed by atoms with E-state index < -0.39 is 0 Å². The molecule has 1 N–H and O–H groups in total. The first-order chi connectivity index (χ1) is 8.19. The van der Waals surface area contributed by atoms with E-state index >= 15 is 0 Å². The van der Waals surface area contributed by atoms with Crippen LogP contribution in [0.25, 0.3) is 0 Å². The molecule has 2 aliphatic rings. The Kier molecular flexibility index (Phi) is 2.74. The SMILES string of the molecule is CCC1CC1Nc1nc(C2CC2)nc(Cl)c1C. The van der Waals surface area contributed by atoms with E-state index in [9.17, 15) is 0 Å². The summed E-state index contributed by atoms with van der Waals surface area (Å²) in [6.07, 6.45) is 4.92. The van der Waals surface area contributed by atoms with Crippen molar-refractivity contribution in [2.75, 3.05) is 5.32 Å². The van der Waals surface area contributed by atoms with Crippen molar-refractivity contribution in [3.63, 3.8) is 0 Å². The molecule has 3 rings (SSSR count). The van der Waals surface area contributed by atoms with Crippen LogP contribution in [0.3, 0.4) is 0 Å². The molecule has 1 aromatic heterocycles. The summed E-state index contributed by atoms with van der Waals surface area (Å²) in [5, 5.41) is 4.12. The van der Waals surface area contributed by atoms with Gasteiger partial charge < -0.3 is 5.32 Å². The van der Waals surface area contributed by atoms with Gasteiger partial charge in [0, 0.05) is 17.5 Å².